The molecule has 142 valence electrons. The minimum atomic E-state index is -3.67. The summed E-state index contributed by atoms with van der Waals surface area (Å²) in [5.74, 6) is 0.609. The molecule has 9 heteroatoms. The molecule has 0 radical (unpaired) electrons. The van der Waals surface area contributed by atoms with Crippen LogP contribution in [0.1, 0.15) is 6.92 Å². The highest BCUT2D eigenvalue weighted by molar-refractivity contribution is 7.89. The summed E-state index contributed by atoms with van der Waals surface area (Å²) < 4.78 is 33.8. The largest absolute Gasteiger partial charge is 0.494 e. The molecule has 3 rings (SSSR count). The summed E-state index contributed by atoms with van der Waals surface area (Å²) >= 11 is 1.52. The minimum absolute atomic E-state index is 0.0519. The fourth-order valence-electron chi connectivity index (χ4n) is 2.42. The molecule has 0 fully saturated rings. The van der Waals surface area contributed by atoms with Crippen molar-refractivity contribution in [3.8, 4) is 16.3 Å². The number of sulfonamides is 1. The predicted octanol–water partition coefficient (Wildman–Crippen LogP) is 2.35. The Morgan fingerprint density at radius 1 is 1.15 bits per heavy atom. The molecule has 0 amide bonds. The van der Waals surface area contributed by atoms with Gasteiger partial charge in [-0.2, -0.15) is 5.10 Å². The van der Waals surface area contributed by atoms with Gasteiger partial charge >= 0.3 is 0 Å². The van der Waals surface area contributed by atoms with E-state index in [0.29, 0.717) is 18.1 Å². The van der Waals surface area contributed by atoms with Gasteiger partial charge in [-0.3, -0.25) is 4.79 Å². The van der Waals surface area contributed by atoms with Crippen LogP contribution in [0.15, 0.2) is 63.6 Å². The van der Waals surface area contributed by atoms with E-state index >= 15 is 0 Å². The second-order valence-corrected chi connectivity index (χ2v) is 8.27. The number of nitrogens with one attached hydrogen (secondary N) is 1. The smallest absolute Gasteiger partial charge is 0.266 e. The standard InChI is InChI=1S/C18H19N3O4S2/c1-2-25-14-5-7-15(8-6-14)27(23,24)19-11-12-21-18(22)10-9-16(20-21)17-4-3-13-26-17/h3-10,13,19H,2,11-12H2,1H3. The number of hydrogen-bond donors (Lipinski definition) is 1. The van der Waals surface area contributed by atoms with Crippen molar-refractivity contribution in [2.45, 2.75) is 18.4 Å². The first-order valence-electron chi connectivity index (χ1n) is 8.34. The van der Waals surface area contributed by atoms with Crippen LogP contribution in [-0.4, -0.2) is 31.3 Å². The molecule has 0 spiro atoms. The summed E-state index contributed by atoms with van der Waals surface area (Å²) in [6.07, 6.45) is 0. The first-order chi connectivity index (χ1) is 13.0. The average Bonchev–Trinajstić information content (AvgIpc) is 3.19. The summed E-state index contributed by atoms with van der Waals surface area (Å²) in [5, 5.41) is 6.23. The third-order valence-electron chi connectivity index (χ3n) is 3.70. The number of hydrogen-bond acceptors (Lipinski definition) is 6. The van der Waals surface area contributed by atoms with Crippen LogP contribution in [0.4, 0.5) is 0 Å². The molecule has 0 aliphatic rings. The van der Waals surface area contributed by atoms with Crippen molar-refractivity contribution in [1.82, 2.24) is 14.5 Å². The fraction of sp³-hybridized carbons (Fsp3) is 0.222. The zero-order valence-electron chi connectivity index (χ0n) is 14.7. The van der Waals surface area contributed by atoms with Gasteiger partial charge in [-0.1, -0.05) is 6.07 Å². The second-order valence-electron chi connectivity index (χ2n) is 5.56. The maximum atomic E-state index is 12.4. The van der Waals surface area contributed by atoms with E-state index in [4.69, 9.17) is 4.74 Å². The van der Waals surface area contributed by atoms with Crippen molar-refractivity contribution < 1.29 is 13.2 Å². The molecule has 0 bridgehead atoms. The van der Waals surface area contributed by atoms with E-state index in [2.05, 4.69) is 9.82 Å². The van der Waals surface area contributed by atoms with Crippen LogP contribution >= 0.6 is 11.3 Å². The number of nitrogens with zero attached hydrogens (tertiary/aromatic N) is 2. The summed E-state index contributed by atoms with van der Waals surface area (Å²) in [7, 11) is -3.67. The van der Waals surface area contributed by atoms with Crippen LogP contribution in [0.3, 0.4) is 0 Å². The van der Waals surface area contributed by atoms with Crippen LogP contribution in [0, 0.1) is 0 Å². The molecule has 3 aromatic rings. The van der Waals surface area contributed by atoms with Crippen molar-refractivity contribution in [2.24, 2.45) is 0 Å². The highest BCUT2D eigenvalue weighted by atomic mass is 32.2. The van der Waals surface area contributed by atoms with E-state index in [0.717, 1.165) is 4.88 Å². The Morgan fingerprint density at radius 3 is 2.59 bits per heavy atom. The number of rotatable bonds is 8. The van der Waals surface area contributed by atoms with Gasteiger partial charge in [0.25, 0.3) is 5.56 Å². The van der Waals surface area contributed by atoms with Crippen LogP contribution in [0.5, 0.6) is 5.75 Å². The first-order valence-corrected chi connectivity index (χ1v) is 10.7. The van der Waals surface area contributed by atoms with E-state index in [1.54, 1.807) is 18.2 Å². The Kier molecular flexibility index (Phi) is 6.04. The monoisotopic (exact) mass is 405 g/mol. The van der Waals surface area contributed by atoms with E-state index < -0.39 is 10.0 Å². The number of ether oxygens (including phenoxy) is 1. The van der Waals surface area contributed by atoms with Crippen molar-refractivity contribution in [1.29, 1.82) is 0 Å². The molecule has 0 unspecified atom stereocenters. The lowest BCUT2D eigenvalue weighted by Gasteiger charge is -2.09. The molecule has 1 N–H and O–H groups in total. The molecule has 2 aromatic heterocycles. The van der Waals surface area contributed by atoms with Gasteiger partial charge in [-0.05, 0) is 48.7 Å². The van der Waals surface area contributed by atoms with Gasteiger partial charge in [0.1, 0.15) is 11.4 Å². The van der Waals surface area contributed by atoms with Crippen molar-refractivity contribution in [3.63, 3.8) is 0 Å². The Balaban J connectivity index is 1.66. The molecule has 27 heavy (non-hydrogen) atoms. The van der Waals surface area contributed by atoms with Gasteiger partial charge in [-0.25, -0.2) is 17.8 Å². The highest BCUT2D eigenvalue weighted by Crippen LogP contribution is 2.21. The Hall–Kier alpha value is -2.49. The third kappa shape index (κ3) is 4.82. The zero-order chi connectivity index (χ0) is 19.3. The molecule has 0 saturated heterocycles. The van der Waals surface area contributed by atoms with Crippen LogP contribution in [0.2, 0.25) is 0 Å². The summed E-state index contributed by atoms with van der Waals surface area (Å²) in [6.45, 7) is 2.55. The van der Waals surface area contributed by atoms with Gasteiger partial charge in [0.05, 0.1) is 22.9 Å². The molecule has 0 aliphatic heterocycles. The van der Waals surface area contributed by atoms with Crippen LogP contribution in [0.25, 0.3) is 10.6 Å². The van der Waals surface area contributed by atoms with E-state index in [1.807, 2.05) is 24.4 Å². The quantitative estimate of drug-likeness (QED) is 0.621. The lowest BCUT2D eigenvalue weighted by molar-refractivity contribution is 0.340. The molecule has 2 heterocycles. The van der Waals surface area contributed by atoms with Gasteiger partial charge in [0, 0.05) is 12.6 Å². The number of benzene rings is 1. The van der Waals surface area contributed by atoms with Crippen LogP contribution < -0.4 is 15.0 Å². The van der Waals surface area contributed by atoms with Gasteiger partial charge in [0.2, 0.25) is 10.0 Å². The van der Waals surface area contributed by atoms with Crippen molar-refractivity contribution in [2.75, 3.05) is 13.2 Å². The van der Waals surface area contributed by atoms with E-state index in [1.165, 1.54) is 34.2 Å². The Labute approximate surface area is 161 Å². The normalized spacial score (nSPS) is 11.4. The predicted molar refractivity (Wildman–Crippen MR) is 105 cm³/mol. The molecular formula is C18H19N3O4S2. The van der Waals surface area contributed by atoms with Crippen molar-refractivity contribution in [3.05, 3.63) is 64.3 Å². The van der Waals surface area contributed by atoms with Crippen molar-refractivity contribution >= 4 is 21.4 Å². The average molecular weight is 406 g/mol. The maximum Gasteiger partial charge on any atom is 0.266 e. The van der Waals surface area contributed by atoms with E-state index in [9.17, 15) is 13.2 Å². The molecule has 0 aliphatic carbocycles. The van der Waals surface area contributed by atoms with Crippen LogP contribution in [-0.2, 0) is 16.6 Å². The lowest BCUT2D eigenvalue weighted by atomic mass is 10.3. The van der Waals surface area contributed by atoms with Gasteiger partial charge < -0.3 is 4.74 Å². The molecule has 1 aromatic carbocycles. The second kappa shape index (κ2) is 8.47. The third-order valence-corrected chi connectivity index (χ3v) is 6.07. The molecule has 0 saturated carbocycles. The lowest BCUT2D eigenvalue weighted by Crippen LogP contribution is -2.32. The Morgan fingerprint density at radius 2 is 1.93 bits per heavy atom. The van der Waals surface area contributed by atoms with Gasteiger partial charge in [-0.15, -0.1) is 11.3 Å². The maximum absolute atomic E-state index is 12.4. The topological polar surface area (TPSA) is 90.3 Å². The highest BCUT2D eigenvalue weighted by Gasteiger charge is 2.14. The van der Waals surface area contributed by atoms with Gasteiger partial charge in [0.15, 0.2) is 0 Å². The minimum Gasteiger partial charge on any atom is -0.494 e. The summed E-state index contributed by atoms with van der Waals surface area (Å²) in [6, 6.07) is 13.1. The molecular weight excluding hydrogens is 386 g/mol. The molecule has 7 nitrogen and oxygen atoms in total. The molecule has 0 atom stereocenters. The number of aromatic nitrogens is 2. The summed E-state index contributed by atoms with van der Waals surface area (Å²) in [5.41, 5.74) is 0.398. The van der Waals surface area contributed by atoms with E-state index in [-0.39, 0.29) is 23.5 Å². The zero-order valence-corrected chi connectivity index (χ0v) is 16.3. The fourth-order valence-corrected chi connectivity index (χ4v) is 4.13. The summed E-state index contributed by atoms with van der Waals surface area (Å²) in [4.78, 5) is 13.1. The Bertz CT molecular complexity index is 1040. The number of thiophene rings is 1. The first kappa shape index (κ1) is 19.3. The SMILES string of the molecule is CCOc1ccc(S(=O)(=O)NCCn2nc(-c3cccs3)ccc2=O)cc1.